The first-order valence-electron chi connectivity index (χ1n) is 8.56. The Morgan fingerprint density at radius 1 is 1.27 bits per heavy atom. The van der Waals surface area contributed by atoms with Crippen LogP contribution in [0, 0.1) is 11.6 Å². The van der Waals surface area contributed by atoms with E-state index in [9.17, 15) is 18.4 Å². The number of rotatable bonds is 7. The Labute approximate surface area is 154 Å². The van der Waals surface area contributed by atoms with Crippen LogP contribution in [0.1, 0.15) is 29.7 Å². The number of nitrogens with one attached hydrogen (secondary N) is 1. The molecule has 26 heavy (non-hydrogen) atoms. The molecule has 0 aliphatic carbocycles. The topological polar surface area (TPSA) is 49.4 Å². The van der Waals surface area contributed by atoms with Gasteiger partial charge in [0.05, 0.1) is 0 Å². The lowest BCUT2D eigenvalue weighted by Gasteiger charge is -2.25. The van der Waals surface area contributed by atoms with Crippen molar-refractivity contribution in [2.45, 2.75) is 38.3 Å². The zero-order valence-corrected chi connectivity index (χ0v) is 15.0. The summed E-state index contributed by atoms with van der Waals surface area (Å²) in [4.78, 5) is 27.0. The summed E-state index contributed by atoms with van der Waals surface area (Å²) in [5.41, 5.74) is 0.128. The van der Waals surface area contributed by atoms with Crippen LogP contribution in [0.3, 0.4) is 0 Å². The van der Waals surface area contributed by atoms with Crippen molar-refractivity contribution >= 4 is 23.2 Å². The molecule has 1 aromatic carbocycles. The molecule has 0 radical (unpaired) electrons. The van der Waals surface area contributed by atoms with Crippen molar-refractivity contribution in [2.24, 2.45) is 0 Å². The molecule has 1 aromatic heterocycles. The Morgan fingerprint density at radius 3 is 2.88 bits per heavy atom. The number of thiophene rings is 1. The molecule has 2 heterocycles. The van der Waals surface area contributed by atoms with Crippen LogP contribution in [0.2, 0.25) is 0 Å². The smallest absolute Gasteiger partial charge is 0.223 e. The van der Waals surface area contributed by atoms with E-state index in [0.717, 1.165) is 12.5 Å². The van der Waals surface area contributed by atoms with Gasteiger partial charge in [-0.15, -0.1) is 11.3 Å². The van der Waals surface area contributed by atoms with Crippen molar-refractivity contribution in [1.82, 2.24) is 10.2 Å². The zero-order valence-electron chi connectivity index (χ0n) is 14.2. The number of hydrogen-bond acceptors (Lipinski definition) is 3. The number of likely N-dealkylation sites (tertiary alicyclic amines) is 1. The van der Waals surface area contributed by atoms with E-state index in [-0.39, 0.29) is 36.4 Å². The van der Waals surface area contributed by atoms with Crippen molar-refractivity contribution in [3.8, 4) is 0 Å². The molecule has 138 valence electrons. The summed E-state index contributed by atoms with van der Waals surface area (Å²) in [6.07, 6.45) is 1.82. The molecule has 1 aliphatic heterocycles. The summed E-state index contributed by atoms with van der Waals surface area (Å²) in [5, 5.41) is 4.85. The SMILES string of the molecule is O=C(CC1CCC(=O)N1Cc1cccc(F)c1F)NCCc1cccs1. The molecule has 2 aromatic rings. The second kappa shape index (κ2) is 8.40. The van der Waals surface area contributed by atoms with Crippen LogP contribution in [0.25, 0.3) is 0 Å². The molecule has 2 amide bonds. The molecule has 1 saturated heterocycles. The number of amides is 2. The quantitative estimate of drug-likeness (QED) is 0.804. The van der Waals surface area contributed by atoms with Crippen molar-refractivity contribution in [2.75, 3.05) is 6.54 Å². The predicted molar refractivity (Wildman–Crippen MR) is 95.6 cm³/mol. The molecular weight excluding hydrogens is 358 g/mol. The highest BCUT2D eigenvalue weighted by Crippen LogP contribution is 2.25. The van der Waals surface area contributed by atoms with E-state index >= 15 is 0 Å². The molecule has 1 unspecified atom stereocenters. The zero-order chi connectivity index (χ0) is 18.5. The highest BCUT2D eigenvalue weighted by Gasteiger charge is 2.33. The monoisotopic (exact) mass is 378 g/mol. The van der Waals surface area contributed by atoms with Gasteiger partial charge in [0.1, 0.15) is 0 Å². The number of hydrogen-bond donors (Lipinski definition) is 1. The number of benzene rings is 1. The standard InChI is InChI=1S/C19H20F2N2O2S/c20-16-5-1-3-13(19(16)21)12-23-14(6-7-18(23)25)11-17(24)22-9-8-15-4-2-10-26-15/h1-5,10,14H,6-9,11-12H2,(H,22,24). The number of carbonyl (C=O) groups is 2. The summed E-state index contributed by atoms with van der Waals surface area (Å²) in [6, 6.07) is 7.62. The maximum atomic E-state index is 13.9. The van der Waals surface area contributed by atoms with Crippen molar-refractivity contribution in [3.05, 3.63) is 57.8 Å². The summed E-state index contributed by atoms with van der Waals surface area (Å²) in [5.74, 6) is -2.14. The van der Waals surface area contributed by atoms with Gasteiger partial charge in [0.15, 0.2) is 11.6 Å². The summed E-state index contributed by atoms with van der Waals surface area (Å²) in [6.45, 7) is 0.522. The van der Waals surface area contributed by atoms with Gasteiger partial charge in [-0.1, -0.05) is 18.2 Å². The van der Waals surface area contributed by atoms with Gasteiger partial charge >= 0.3 is 0 Å². The molecule has 1 N–H and O–H groups in total. The normalized spacial score (nSPS) is 16.9. The highest BCUT2D eigenvalue weighted by atomic mass is 32.1. The molecule has 1 fully saturated rings. The van der Waals surface area contributed by atoms with Crippen molar-refractivity contribution in [1.29, 1.82) is 0 Å². The van der Waals surface area contributed by atoms with Crippen LogP contribution in [0.5, 0.6) is 0 Å². The largest absolute Gasteiger partial charge is 0.356 e. The minimum atomic E-state index is -0.939. The van der Waals surface area contributed by atoms with Crippen LogP contribution in [-0.4, -0.2) is 29.3 Å². The molecule has 4 nitrogen and oxygen atoms in total. The average molecular weight is 378 g/mol. The van der Waals surface area contributed by atoms with E-state index in [1.807, 2.05) is 17.5 Å². The molecule has 1 aliphatic rings. The Hall–Kier alpha value is -2.28. The minimum Gasteiger partial charge on any atom is -0.356 e. The molecule has 0 spiro atoms. The van der Waals surface area contributed by atoms with Crippen molar-refractivity contribution < 1.29 is 18.4 Å². The third-order valence-electron chi connectivity index (χ3n) is 4.52. The fourth-order valence-electron chi connectivity index (χ4n) is 3.14. The van der Waals surface area contributed by atoms with Gasteiger partial charge in [-0.25, -0.2) is 8.78 Å². The Bertz CT molecular complexity index is 780. The predicted octanol–water partition coefficient (Wildman–Crippen LogP) is 3.27. The van der Waals surface area contributed by atoms with Gasteiger partial charge in [-0.3, -0.25) is 9.59 Å². The second-order valence-corrected chi connectivity index (χ2v) is 7.34. The minimum absolute atomic E-state index is 0.0183. The van der Waals surface area contributed by atoms with Gasteiger partial charge in [0.2, 0.25) is 11.8 Å². The van der Waals surface area contributed by atoms with Crippen LogP contribution in [0.15, 0.2) is 35.7 Å². The summed E-state index contributed by atoms with van der Waals surface area (Å²) in [7, 11) is 0. The maximum Gasteiger partial charge on any atom is 0.223 e. The lowest BCUT2D eigenvalue weighted by Crippen LogP contribution is -2.37. The van der Waals surface area contributed by atoms with Gasteiger partial charge in [0.25, 0.3) is 0 Å². The first kappa shape index (κ1) is 18.5. The number of halogens is 2. The molecule has 3 rings (SSSR count). The maximum absolute atomic E-state index is 13.9. The van der Waals surface area contributed by atoms with E-state index in [0.29, 0.717) is 19.4 Å². The van der Waals surface area contributed by atoms with Crippen molar-refractivity contribution in [3.63, 3.8) is 0 Å². The Morgan fingerprint density at radius 2 is 2.12 bits per heavy atom. The van der Waals surface area contributed by atoms with Crippen LogP contribution in [-0.2, 0) is 22.6 Å². The van der Waals surface area contributed by atoms with E-state index in [1.54, 1.807) is 11.3 Å². The number of carbonyl (C=O) groups excluding carboxylic acids is 2. The van der Waals surface area contributed by atoms with Crippen LogP contribution >= 0.6 is 11.3 Å². The third-order valence-corrected chi connectivity index (χ3v) is 5.46. The fourth-order valence-corrected chi connectivity index (χ4v) is 3.85. The lowest BCUT2D eigenvalue weighted by atomic mass is 10.1. The Kier molecular flexibility index (Phi) is 5.98. The first-order chi connectivity index (χ1) is 12.5. The van der Waals surface area contributed by atoms with Crippen LogP contribution < -0.4 is 5.32 Å². The highest BCUT2D eigenvalue weighted by molar-refractivity contribution is 7.09. The van der Waals surface area contributed by atoms with Gasteiger partial charge < -0.3 is 10.2 Å². The van der Waals surface area contributed by atoms with E-state index in [4.69, 9.17) is 0 Å². The lowest BCUT2D eigenvalue weighted by molar-refractivity contribution is -0.130. The summed E-state index contributed by atoms with van der Waals surface area (Å²) < 4.78 is 27.3. The average Bonchev–Trinajstić information content (AvgIpc) is 3.24. The Balaban J connectivity index is 1.55. The van der Waals surface area contributed by atoms with E-state index in [2.05, 4.69) is 5.32 Å². The molecule has 0 saturated carbocycles. The van der Waals surface area contributed by atoms with Gasteiger partial charge in [0, 0.05) is 42.4 Å². The fraction of sp³-hybridized carbons (Fsp3) is 0.368. The van der Waals surface area contributed by atoms with Gasteiger partial charge in [-0.2, -0.15) is 0 Å². The van der Waals surface area contributed by atoms with E-state index < -0.39 is 11.6 Å². The molecule has 7 heteroatoms. The van der Waals surface area contributed by atoms with E-state index in [1.165, 1.54) is 21.9 Å². The number of nitrogens with zero attached hydrogens (tertiary/aromatic N) is 1. The van der Waals surface area contributed by atoms with Crippen LogP contribution in [0.4, 0.5) is 8.78 Å². The summed E-state index contributed by atoms with van der Waals surface area (Å²) >= 11 is 1.64. The molecule has 1 atom stereocenters. The van der Waals surface area contributed by atoms with Gasteiger partial charge in [-0.05, 0) is 30.4 Å². The molecule has 0 bridgehead atoms. The first-order valence-corrected chi connectivity index (χ1v) is 9.44. The second-order valence-electron chi connectivity index (χ2n) is 6.31. The molecular formula is C19H20F2N2O2S. The third kappa shape index (κ3) is 4.46.